The lowest BCUT2D eigenvalue weighted by Gasteiger charge is -2.19. The molecule has 2 unspecified atom stereocenters. The number of halogens is 1. The van der Waals surface area contributed by atoms with E-state index in [4.69, 9.17) is 5.73 Å². The molecule has 0 radical (unpaired) electrons. The van der Waals surface area contributed by atoms with Crippen LogP contribution in [0.2, 0.25) is 0 Å². The predicted octanol–water partition coefficient (Wildman–Crippen LogP) is 1.79. The first-order valence-electron chi connectivity index (χ1n) is 6.63. The average Bonchev–Trinajstić information content (AvgIpc) is 2.89. The van der Waals surface area contributed by atoms with Crippen LogP contribution in [0.4, 0.5) is 0 Å². The fourth-order valence-corrected chi connectivity index (χ4v) is 2.04. The monoisotopic (exact) mass is 308 g/mol. The van der Waals surface area contributed by atoms with Gasteiger partial charge in [-0.25, -0.2) is 0 Å². The highest BCUT2D eigenvalue weighted by molar-refractivity contribution is 5.85. The average molecular weight is 309 g/mol. The molecule has 0 saturated carbocycles. The number of amides is 1. The van der Waals surface area contributed by atoms with Gasteiger partial charge < -0.3 is 11.1 Å². The highest BCUT2D eigenvalue weighted by Gasteiger charge is 2.21. The number of benzene rings is 1. The molecule has 0 aliphatic heterocycles. The van der Waals surface area contributed by atoms with Crippen molar-refractivity contribution < 1.29 is 4.79 Å². The van der Waals surface area contributed by atoms with Crippen LogP contribution in [-0.2, 0) is 18.4 Å². The van der Waals surface area contributed by atoms with E-state index in [1.165, 1.54) is 0 Å². The summed E-state index contributed by atoms with van der Waals surface area (Å²) in [6.07, 6.45) is 3.62. The third-order valence-corrected chi connectivity index (χ3v) is 3.36. The maximum atomic E-state index is 12.1. The van der Waals surface area contributed by atoms with Crippen molar-refractivity contribution in [3.63, 3.8) is 0 Å². The number of nitrogens with two attached hydrogens (primary N) is 1. The highest BCUT2D eigenvalue weighted by atomic mass is 35.5. The smallest absolute Gasteiger partial charge is 0.225 e. The van der Waals surface area contributed by atoms with Crippen molar-refractivity contribution in [2.45, 2.75) is 19.5 Å². The molecular weight excluding hydrogens is 288 g/mol. The van der Waals surface area contributed by atoms with Gasteiger partial charge in [0, 0.05) is 31.4 Å². The minimum atomic E-state index is -0.301. The lowest BCUT2D eigenvalue weighted by molar-refractivity contribution is -0.125. The molecule has 0 fully saturated rings. The Bertz CT molecular complexity index is 570. The fourth-order valence-electron chi connectivity index (χ4n) is 2.04. The summed E-state index contributed by atoms with van der Waals surface area (Å²) in [5, 5.41) is 6.95. The second kappa shape index (κ2) is 7.81. The van der Waals surface area contributed by atoms with Crippen LogP contribution in [0.15, 0.2) is 42.7 Å². The van der Waals surface area contributed by atoms with E-state index in [2.05, 4.69) is 10.4 Å². The van der Waals surface area contributed by atoms with E-state index in [0.29, 0.717) is 6.54 Å². The minimum Gasteiger partial charge on any atom is -0.352 e. The van der Waals surface area contributed by atoms with Gasteiger partial charge in [-0.15, -0.1) is 12.4 Å². The van der Waals surface area contributed by atoms with E-state index in [9.17, 15) is 4.79 Å². The largest absolute Gasteiger partial charge is 0.352 e. The van der Waals surface area contributed by atoms with Crippen molar-refractivity contribution in [3.8, 4) is 0 Å². The first-order chi connectivity index (χ1) is 9.58. The molecule has 1 amide bonds. The second-order valence-corrected chi connectivity index (χ2v) is 4.97. The number of aromatic nitrogens is 2. The van der Waals surface area contributed by atoms with E-state index in [1.54, 1.807) is 10.9 Å². The number of nitrogens with zero attached hydrogens (tertiary/aromatic N) is 2. The van der Waals surface area contributed by atoms with E-state index in [0.717, 1.165) is 11.1 Å². The van der Waals surface area contributed by atoms with Gasteiger partial charge in [0.2, 0.25) is 5.91 Å². The molecule has 2 aromatic rings. The lowest BCUT2D eigenvalue weighted by atomic mass is 9.94. The Morgan fingerprint density at radius 2 is 2.05 bits per heavy atom. The molecule has 1 aromatic heterocycles. The quantitative estimate of drug-likeness (QED) is 0.884. The summed E-state index contributed by atoms with van der Waals surface area (Å²) >= 11 is 0. The van der Waals surface area contributed by atoms with Gasteiger partial charge in [0.1, 0.15) is 0 Å². The molecule has 6 heteroatoms. The summed E-state index contributed by atoms with van der Waals surface area (Å²) < 4.78 is 1.71. The molecule has 21 heavy (non-hydrogen) atoms. The molecule has 0 aliphatic rings. The van der Waals surface area contributed by atoms with Crippen LogP contribution in [0.1, 0.15) is 24.1 Å². The zero-order valence-electron chi connectivity index (χ0n) is 12.2. The number of aryl methyl sites for hydroxylation is 1. The van der Waals surface area contributed by atoms with Gasteiger partial charge in [-0.2, -0.15) is 5.10 Å². The van der Waals surface area contributed by atoms with Crippen LogP contribution < -0.4 is 11.1 Å². The molecule has 114 valence electrons. The standard InChI is InChI=1S/C15H20N4O.ClH/c1-11(14(16)13-6-4-3-5-7-13)15(20)17-8-12-9-18-19(2)10-12;/h3-7,9-11,14H,8,16H2,1-2H3,(H,17,20);1H. The minimum absolute atomic E-state index is 0. The van der Waals surface area contributed by atoms with Crippen LogP contribution in [-0.4, -0.2) is 15.7 Å². The first-order valence-corrected chi connectivity index (χ1v) is 6.63. The van der Waals surface area contributed by atoms with Crippen molar-refractivity contribution in [3.05, 3.63) is 53.9 Å². The Morgan fingerprint density at radius 3 is 2.62 bits per heavy atom. The molecule has 2 atom stereocenters. The molecule has 0 saturated heterocycles. The van der Waals surface area contributed by atoms with Gasteiger partial charge in [0.25, 0.3) is 0 Å². The number of carbonyl (C=O) groups is 1. The first kappa shape index (κ1) is 17.2. The Morgan fingerprint density at radius 1 is 1.38 bits per heavy atom. The van der Waals surface area contributed by atoms with Crippen molar-refractivity contribution in [1.82, 2.24) is 15.1 Å². The lowest BCUT2D eigenvalue weighted by Crippen LogP contribution is -2.35. The molecular formula is C15H21ClN4O. The Labute approximate surface area is 130 Å². The summed E-state index contributed by atoms with van der Waals surface area (Å²) in [4.78, 5) is 12.1. The maximum absolute atomic E-state index is 12.1. The summed E-state index contributed by atoms with van der Waals surface area (Å²) in [6.45, 7) is 2.31. The van der Waals surface area contributed by atoms with Crippen LogP contribution in [0.25, 0.3) is 0 Å². The third-order valence-electron chi connectivity index (χ3n) is 3.36. The molecule has 5 nitrogen and oxygen atoms in total. The molecule has 0 spiro atoms. The van der Waals surface area contributed by atoms with Crippen molar-refractivity contribution in [2.75, 3.05) is 0 Å². The third kappa shape index (κ3) is 4.58. The number of hydrogen-bond acceptors (Lipinski definition) is 3. The Hall–Kier alpha value is -1.85. The summed E-state index contributed by atoms with van der Waals surface area (Å²) in [5.74, 6) is -0.334. The van der Waals surface area contributed by atoms with E-state index < -0.39 is 0 Å². The number of nitrogens with one attached hydrogen (secondary N) is 1. The molecule has 2 rings (SSSR count). The van der Waals surface area contributed by atoms with Crippen LogP contribution in [0.3, 0.4) is 0 Å². The van der Waals surface area contributed by atoms with E-state index in [-0.39, 0.29) is 30.3 Å². The topological polar surface area (TPSA) is 72.9 Å². The number of hydrogen-bond donors (Lipinski definition) is 2. The van der Waals surface area contributed by atoms with Crippen molar-refractivity contribution in [1.29, 1.82) is 0 Å². The van der Waals surface area contributed by atoms with Gasteiger partial charge in [0.05, 0.1) is 12.1 Å². The highest BCUT2D eigenvalue weighted by Crippen LogP contribution is 2.19. The number of carbonyl (C=O) groups excluding carboxylic acids is 1. The molecule has 0 aliphatic carbocycles. The number of rotatable bonds is 5. The normalized spacial score (nSPS) is 13.1. The van der Waals surface area contributed by atoms with E-state index in [1.807, 2.05) is 50.5 Å². The molecule has 1 aromatic carbocycles. The molecule has 3 N–H and O–H groups in total. The van der Waals surface area contributed by atoms with Crippen LogP contribution >= 0.6 is 12.4 Å². The second-order valence-electron chi connectivity index (χ2n) is 4.97. The Kier molecular flexibility index (Phi) is 6.39. The zero-order valence-corrected chi connectivity index (χ0v) is 13.0. The summed E-state index contributed by atoms with van der Waals surface area (Å²) in [7, 11) is 1.85. The summed E-state index contributed by atoms with van der Waals surface area (Å²) in [6, 6.07) is 9.37. The van der Waals surface area contributed by atoms with Crippen LogP contribution in [0, 0.1) is 5.92 Å². The molecule has 1 heterocycles. The zero-order chi connectivity index (χ0) is 14.5. The Balaban J connectivity index is 0.00000220. The fraction of sp³-hybridized carbons (Fsp3) is 0.333. The SMILES string of the molecule is CC(C(=O)NCc1cnn(C)c1)C(N)c1ccccc1.Cl. The van der Waals surface area contributed by atoms with Gasteiger partial charge in [-0.05, 0) is 5.56 Å². The van der Waals surface area contributed by atoms with E-state index >= 15 is 0 Å². The van der Waals surface area contributed by atoms with Crippen molar-refractivity contribution in [2.24, 2.45) is 18.7 Å². The van der Waals surface area contributed by atoms with Gasteiger partial charge in [-0.1, -0.05) is 37.3 Å². The van der Waals surface area contributed by atoms with Gasteiger partial charge in [0.15, 0.2) is 0 Å². The van der Waals surface area contributed by atoms with Crippen molar-refractivity contribution >= 4 is 18.3 Å². The predicted molar refractivity (Wildman–Crippen MR) is 84.8 cm³/mol. The summed E-state index contributed by atoms with van der Waals surface area (Å²) in [5.41, 5.74) is 8.08. The van der Waals surface area contributed by atoms with Crippen LogP contribution in [0.5, 0.6) is 0 Å². The maximum Gasteiger partial charge on any atom is 0.225 e. The molecule has 0 bridgehead atoms. The van der Waals surface area contributed by atoms with Gasteiger partial charge >= 0.3 is 0 Å². The van der Waals surface area contributed by atoms with Gasteiger partial charge in [-0.3, -0.25) is 9.48 Å².